The van der Waals surface area contributed by atoms with Gasteiger partial charge in [-0.25, -0.2) is 4.89 Å². The van der Waals surface area contributed by atoms with Crippen LogP contribution in [-0.4, -0.2) is 11.5 Å². The second-order valence-electron chi connectivity index (χ2n) is 2.76. The van der Waals surface area contributed by atoms with Crippen molar-refractivity contribution in [2.24, 2.45) is 0 Å². The van der Waals surface area contributed by atoms with Crippen LogP contribution in [0.15, 0.2) is 30.3 Å². The molecule has 0 spiro atoms. The van der Waals surface area contributed by atoms with E-state index in [0.29, 0.717) is 0 Å². The Bertz CT molecular complexity index is 312. The average Bonchev–Trinajstić information content (AvgIpc) is 2.16. The lowest BCUT2D eigenvalue weighted by atomic mass is 10.2. The molecule has 0 saturated carbocycles. The molecular formula is C9H13O4P. The predicted molar refractivity (Wildman–Crippen MR) is 52.7 cm³/mol. The molecule has 0 amide bonds. The minimum Gasteiger partial charge on any atom is -0.323 e. The summed E-state index contributed by atoms with van der Waals surface area (Å²) in [6.07, 6.45) is -0.0339. The summed E-state index contributed by atoms with van der Waals surface area (Å²) in [5.74, 6) is 0. The molecule has 1 unspecified atom stereocenters. The molecule has 1 aromatic rings. The van der Waals surface area contributed by atoms with E-state index in [1.54, 1.807) is 31.2 Å². The summed E-state index contributed by atoms with van der Waals surface area (Å²) in [6, 6.07) is 8.97. The molecule has 0 aliphatic heterocycles. The SMILES string of the molecule is CCOOP(=O)(O)Cc1ccccc1. The molecule has 4 nitrogen and oxygen atoms in total. The molecule has 1 N–H and O–H groups in total. The molecule has 0 aromatic heterocycles. The van der Waals surface area contributed by atoms with Crippen LogP contribution >= 0.6 is 7.60 Å². The van der Waals surface area contributed by atoms with Crippen molar-refractivity contribution >= 4 is 7.60 Å². The van der Waals surface area contributed by atoms with Gasteiger partial charge < -0.3 is 4.89 Å². The first-order valence-corrected chi connectivity index (χ1v) is 6.07. The van der Waals surface area contributed by atoms with Gasteiger partial charge in [0.25, 0.3) is 0 Å². The lowest BCUT2D eigenvalue weighted by Gasteiger charge is -2.09. The molecule has 1 aromatic carbocycles. The fraction of sp³-hybridized carbons (Fsp3) is 0.333. The van der Waals surface area contributed by atoms with Gasteiger partial charge in [-0.3, -0.25) is 4.57 Å². The maximum atomic E-state index is 11.4. The highest BCUT2D eigenvalue weighted by molar-refractivity contribution is 7.51. The molecule has 78 valence electrons. The Morgan fingerprint density at radius 3 is 2.57 bits per heavy atom. The highest BCUT2D eigenvalue weighted by Gasteiger charge is 2.20. The molecule has 0 heterocycles. The van der Waals surface area contributed by atoms with Gasteiger partial charge in [0, 0.05) is 0 Å². The molecule has 1 atom stereocenters. The van der Waals surface area contributed by atoms with E-state index < -0.39 is 7.60 Å². The summed E-state index contributed by atoms with van der Waals surface area (Å²) in [7, 11) is -3.65. The molecule has 5 heteroatoms. The monoisotopic (exact) mass is 216 g/mol. The van der Waals surface area contributed by atoms with E-state index in [1.165, 1.54) is 0 Å². The molecule has 0 fully saturated rings. The van der Waals surface area contributed by atoms with Crippen molar-refractivity contribution in [3.8, 4) is 0 Å². The van der Waals surface area contributed by atoms with Crippen molar-refractivity contribution < 1.29 is 19.0 Å². The zero-order valence-corrected chi connectivity index (χ0v) is 8.81. The fourth-order valence-corrected chi connectivity index (χ4v) is 1.97. The van der Waals surface area contributed by atoms with E-state index in [0.717, 1.165) is 5.56 Å². The summed E-state index contributed by atoms with van der Waals surface area (Å²) in [5, 5.41) is 0. The molecule has 14 heavy (non-hydrogen) atoms. The van der Waals surface area contributed by atoms with Gasteiger partial charge in [0.2, 0.25) is 0 Å². The molecule has 0 aliphatic carbocycles. The smallest absolute Gasteiger partial charge is 0.323 e. The lowest BCUT2D eigenvalue weighted by Crippen LogP contribution is -1.95. The van der Waals surface area contributed by atoms with Gasteiger partial charge in [0.1, 0.15) is 0 Å². The maximum absolute atomic E-state index is 11.4. The molecule has 0 aliphatic rings. The van der Waals surface area contributed by atoms with Crippen LogP contribution in [0.25, 0.3) is 0 Å². The molecular weight excluding hydrogens is 203 g/mol. The van der Waals surface area contributed by atoms with E-state index >= 15 is 0 Å². The third kappa shape index (κ3) is 4.03. The summed E-state index contributed by atoms with van der Waals surface area (Å²) in [4.78, 5) is 13.8. The topological polar surface area (TPSA) is 55.8 Å². The quantitative estimate of drug-likeness (QED) is 0.466. The van der Waals surface area contributed by atoms with Crippen molar-refractivity contribution in [1.29, 1.82) is 0 Å². The first kappa shape index (κ1) is 11.4. The highest BCUT2D eigenvalue weighted by Crippen LogP contribution is 2.45. The minimum absolute atomic E-state index is 0.0339. The van der Waals surface area contributed by atoms with E-state index in [2.05, 4.69) is 9.56 Å². The van der Waals surface area contributed by atoms with Gasteiger partial charge in [0.15, 0.2) is 0 Å². The standard InChI is InChI=1S/C9H13O4P/c1-2-12-13-14(10,11)8-9-6-4-3-5-7-9/h3-7H,2,8H2,1H3,(H,10,11). The van der Waals surface area contributed by atoms with Crippen LogP contribution in [0.3, 0.4) is 0 Å². The highest BCUT2D eigenvalue weighted by atomic mass is 31.2. The minimum atomic E-state index is -3.65. The number of benzene rings is 1. The van der Waals surface area contributed by atoms with Gasteiger partial charge in [-0.05, 0) is 12.5 Å². The molecule has 0 radical (unpaired) electrons. The Hall–Kier alpha value is -0.670. The largest absolute Gasteiger partial charge is 0.359 e. The van der Waals surface area contributed by atoms with E-state index in [9.17, 15) is 9.46 Å². The van der Waals surface area contributed by atoms with Crippen molar-refractivity contribution in [1.82, 2.24) is 0 Å². The number of hydrogen-bond acceptors (Lipinski definition) is 3. The second-order valence-corrected chi connectivity index (χ2v) is 4.50. The molecule has 0 saturated heterocycles. The van der Waals surface area contributed by atoms with E-state index in [4.69, 9.17) is 0 Å². The van der Waals surface area contributed by atoms with Crippen molar-refractivity contribution in [3.05, 3.63) is 35.9 Å². The number of hydrogen-bond donors (Lipinski definition) is 1. The maximum Gasteiger partial charge on any atom is 0.359 e. The average molecular weight is 216 g/mol. The Balaban J connectivity index is 2.55. The lowest BCUT2D eigenvalue weighted by molar-refractivity contribution is -0.208. The summed E-state index contributed by atoms with van der Waals surface area (Å²) < 4.78 is 15.7. The van der Waals surface area contributed by atoms with Gasteiger partial charge in [0.05, 0.1) is 12.8 Å². The van der Waals surface area contributed by atoms with Crippen LogP contribution in [-0.2, 0) is 20.3 Å². The third-order valence-electron chi connectivity index (χ3n) is 1.51. The zero-order valence-electron chi connectivity index (χ0n) is 7.92. The van der Waals surface area contributed by atoms with Crippen molar-refractivity contribution in [2.75, 3.05) is 6.61 Å². The van der Waals surface area contributed by atoms with Crippen molar-refractivity contribution in [3.63, 3.8) is 0 Å². The predicted octanol–water partition coefficient (Wildman–Crippen LogP) is 2.34. The first-order valence-electron chi connectivity index (χ1n) is 4.31. The van der Waals surface area contributed by atoms with Gasteiger partial charge in [-0.1, -0.05) is 30.3 Å². The van der Waals surface area contributed by atoms with Crippen LogP contribution in [0.2, 0.25) is 0 Å². The summed E-state index contributed by atoms with van der Waals surface area (Å²) >= 11 is 0. The van der Waals surface area contributed by atoms with Crippen LogP contribution < -0.4 is 0 Å². The van der Waals surface area contributed by atoms with Crippen molar-refractivity contribution in [2.45, 2.75) is 13.1 Å². The number of rotatable bonds is 5. The third-order valence-corrected chi connectivity index (χ3v) is 2.62. The second kappa shape index (κ2) is 5.27. The zero-order chi connectivity index (χ0) is 10.4. The Labute approximate surface area is 82.9 Å². The Kier molecular flexibility index (Phi) is 4.29. The molecule has 1 rings (SSSR count). The Morgan fingerprint density at radius 2 is 2.00 bits per heavy atom. The van der Waals surface area contributed by atoms with Gasteiger partial charge in [-0.15, -0.1) is 4.67 Å². The van der Waals surface area contributed by atoms with Crippen LogP contribution in [0.4, 0.5) is 0 Å². The van der Waals surface area contributed by atoms with Gasteiger partial charge in [-0.2, -0.15) is 0 Å². The normalized spacial score (nSPS) is 15.0. The van der Waals surface area contributed by atoms with Crippen LogP contribution in [0.1, 0.15) is 12.5 Å². The van der Waals surface area contributed by atoms with E-state index in [-0.39, 0.29) is 12.8 Å². The summed E-state index contributed by atoms with van der Waals surface area (Å²) in [6.45, 7) is 1.93. The van der Waals surface area contributed by atoms with E-state index in [1.807, 2.05) is 6.07 Å². The van der Waals surface area contributed by atoms with Crippen LogP contribution in [0, 0.1) is 0 Å². The summed E-state index contributed by atoms with van der Waals surface area (Å²) in [5.41, 5.74) is 0.748. The van der Waals surface area contributed by atoms with Gasteiger partial charge >= 0.3 is 7.60 Å². The fourth-order valence-electron chi connectivity index (χ4n) is 0.976. The van der Waals surface area contributed by atoms with Crippen LogP contribution in [0.5, 0.6) is 0 Å². The Morgan fingerprint density at radius 1 is 1.36 bits per heavy atom. The molecule has 0 bridgehead atoms. The first-order chi connectivity index (χ1) is 6.64.